The summed E-state index contributed by atoms with van der Waals surface area (Å²) >= 11 is 14.8. The number of nitrogens with one attached hydrogen (secondary N) is 1. The number of rotatable bonds is 7. The van der Waals surface area contributed by atoms with E-state index in [0.29, 0.717) is 6.61 Å². The highest BCUT2D eigenvalue weighted by atomic mass is 79.9. The molecule has 1 N–H and O–H groups in total. The molecule has 2 nitrogen and oxygen atoms in total. The Morgan fingerprint density at radius 2 is 2.46 bits per heavy atom. The monoisotopic (exact) mass is 319 g/mol. The molecule has 0 saturated carbocycles. The normalized spacial score (nSPS) is 14.6. The van der Waals surface area contributed by atoms with Gasteiger partial charge in [-0.2, -0.15) is 0 Å². The van der Waals surface area contributed by atoms with Crippen molar-refractivity contribution in [3.63, 3.8) is 0 Å². The van der Waals surface area contributed by atoms with Crippen LogP contribution >= 0.6 is 45.1 Å². The van der Waals surface area contributed by atoms with Gasteiger partial charge in [-0.05, 0) is 23.2 Å². The third-order valence-corrected chi connectivity index (χ3v) is 7.33. The average Bonchev–Trinajstić information content (AvgIpc) is 2.02. The number of thiocarbonyl (C=S) groups is 1. The van der Waals surface area contributed by atoms with Gasteiger partial charge in [0.1, 0.15) is 0 Å². The van der Waals surface area contributed by atoms with Crippen molar-refractivity contribution in [1.29, 1.82) is 0 Å². The fourth-order valence-corrected chi connectivity index (χ4v) is 6.07. The van der Waals surface area contributed by atoms with Crippen LogP contribution in [0.1, 0.15) is 6.92 Å². The van der Waals surface area contributed by atoms with Gasteiger partial charge in [-0.3, -0.25) is 0 Å². The molecule has 7 heteroatoms. The van der Waals surface area contributed by atoms with Gasteiger partial charge in [-0.25, -0.2) is 0 Å². The maximum Gasteiger partial charge on any atom is 0.211 e. The maximum atomic E-state index is 5.44. The molecule has 0 aromatic rings. The lowest BCUT2D eigenvalue weighted by Gasteiger charge is -2.19. The summed E-state index contributed by atoms with van der Waals surface area (Å²) in [5.74, 6) is 0.730. The van der Waals surface area contributed by atoms with Crippen molar-refractivity contribution in [2.75, 3.05) is 12.4 Å². The van der Waals surface area contributed by atoms with E-state index in [1.165, 1.54) is 16.9 Å². The van der Waals surface area contributed by atoms with E-state index in [0.717, 1.165) is 10.2 Å². The van der Waals surface area contributed by atoms with E-state index in [4.69, 9.17) is 28.5 Å². The Balaban J connectivity index is 4.14. The Kier molecular flexibility index (Phi) is 7.98. The molecular weight excluding hydrogens is 309 g/mol. The average molecular weight is 320 g/mol. The zero-order valence-corrected chi connectivity index (χ0v) is 12.1. The van der Waals surface area contributed by atoms with Crippen LogP contribution in [-0.4, -0.2) is 17.9 Å². The van der Waals surface area contributed by atoms with Gasteiger partial charge in [0.05, 0.1) is 12.1 Å². The Morgan fingerprint density at radius 3 is 2.85 bits per heavy atom. The highest BCUT2D eigenvalue weighted by Gasteiger charge is 2.15. The lowest BCUT2D eigenvalue weighted by Crippen LogP contribution is -2.06. The molecule has 0 aromatic carbocycles. The molecule has 0 aromatic heterocycles. The Bertz CT molecular complexity index is 236. The standard InChI is InChI=1S/C6H11BrNOPS3/c1-3-9-10(12,8-5-11)13-4-6(2)7/h5H,2-4H2,1H3,(H,8,11,12). The van der Waals surface area contributed by atoms with Crippen molar-refractivity contribution in [2.45, 2.75) is 6.92 Å². The first-order valence-electron chi connectivity index (χ1n) is 3.48. The molecule has 0 aliphatic carbocycles. The molecule has 0 saturated heterocycles. The minimum Gasteiger partial charge on any atom is -0.327 e. The van der Waals surface area contributed by atoms with Crippen LogP contribution in [0.4, 0.5) is 0 Å². The SMILES string of the molecule is C=C(Br)CSP(=S)(NC=S)OCC. The van der Waals surface area contributed by atoms with Crippen LogP contribution in [0.15, 0.2) is 11.1 Å². The Hall–Kier alpha value is 1.07. The molecule has 13 heavy (non-hydrogen) atoms. The zero-order chi connectivity index (χ0) is 10.3. The second-order valence-corrected chi connectivity index (χ2v) is 9.92. The van der Waals surface area contributed by atoms with E-state index in [-0.39, 0.29) is 0 Å². The van der Waals surface area contributed by atoms with E-state index in [9.17, 15) is 0 Å². The van der Waals surface area contributed by atoms with Gasteiger partial charge in [0.15, 0.2) is 0 Å². The second kappa shape index (κ2) is 7.37. The van der Waals surface area contributed by atoms with E-state index < -0.39 is 5.62 Å². The summed E-state index contributed by atoms with van der Waals surface area (Å²) in [6.07, 6.45) is 0. The number of halogens is 1. The topological polar surface area (TPSA) is 21.3 Å². The molecular formula is C6H11BrNOPS3. The fraction of sp³-hybridized carbons (Fsp3) is 0.500. The van der Waals surface area contributed by atoms with Gasteiger partial charge >= 0.3 is 0 Å². The highest BCUT2D eigenvalue weighted by Crippen LogP contribution is 2.56. The quantitative estimate of drug-likeness (QED) is 0.571. The van der Waals surface area contributed by atoms with Crippen molar-refractivity contribution in [2.24, 2.45) is 0 Å². The summed E-state index contributed by atoms with van der Waals surface area (Å²) in [5, 5.41) is 2.91. The fourth-order valence-electron chi connectivity index (χ4n) is 0.501. The van der Waals surface area contributed by atoms with E-state index in [1.807, 2.05) is 6.92 Å². The molecule has 0 aliphatic rings. The molecule has 1 unspecified atom stereocenters. The molecule has 0 rings (SSSR count). The molecule has 0 spiro atoms. The molecule has 0 fully saturated rings. The lowest BCUT2D eigenvalue weighted by molar-refractivity contribution is 0.383. The Labute approximate surface area is 102 Å². The molecule has 0 heterocycles. The van der Waals surface area contributed by atoms with Gasteiger partial charge < -0.3 is 9.61 Å². The van der Waals surface area contributed by atoms with E-state index in [1.54, 1.807) is 0 Å². The number of hydrogen-bond acceptors (Lipinski definition) is 4. The molecule has 0 amide bonds. The summed E-state index contributed by atoms with van der Waals surface area (Å²) in [6, 6.07) is 0. The van der Waals surface area contributed by atoms with Crippen LogP contribution in [0.25, 0.3) is 0 Å². The Morgan fingerprint density at radius 1 is 1.85 bits per heavy atom. The van der Waals surface area contributed by atoms with Gasteiger partial charge in [0.25, 0.3) is 0 Å². The van der Waals surface area contributed by atoms with Crippen molar-refractivity contribution < 1.29 is 4.52 Å². The van der Waals surface area contributed by atoms with Gasteiger partial charge in [0, 0.05) is 5.75 Å². The molecule has 1 atom stereocenters. The summed E-state index contributed by atoms with van der Waals surface area (Å²) in [6.45, 7) is 6.23. The first-order chi connectivity index (χ1) is 6.04. The largest absolute Gasteiger partial charge is 0.327 e. The molecule has 0 radical (unpaired) electrons. The van der Waals surface area contributed by atoms with Gasteiger partial charge in [0.2, 0.25) is 5.62 Å². The van der Waals surface area contributed by atoms with Gasteiger partial charge in [-0.1, -0.05) is 46.1 Å². The van der Waals surface area contributed by atoms with Crippen LogP contribution in [0.2, 0.25) is 0 Å². The molecule has 76 valence electrons. The lowest BCUT2D eigenvalue weighted by atomic mass is 10.8. The predicted octanol–water partition coefficient (Wildman–Crippen LogP) is 3.44. The maximum absolute atomic E-state index is 5.44. The van der Waals surface area contributed by atoms with Gasteiger partial charge in [-0.15, -0.1) is 0 Å². The van der Waals surface area contributed by atoms with Crippen molar-refractivity contribution in [1.82, 2.24) is 5.09 Å². The van der Waals surface area contributed by atoms with Crippen LogP contribution in [-0.2, 0) is 16.3 Å². The van der Waals surface area contributed by atoms with Crippen LogP contribution in [0.5, 0.6) is 0 Å². The van der Waals surface area contributed by atoms with E-state index in [2.05, 4.69) is 27.6 Å². The molecule has 0 aliphatic heterocycles. The first-order valence-corrected chi connectivity index (χ1v) is 9.05. The number of hydrogen-bond donors (Lipinski definition) is 1. The summed E-state index contributed by atoms with van der Waals surface area (Å²) in [5.41, 5.74) is -0.607. The minimum absolute atomic E-state index is 0.592. The predicted molar refractivity (Wildman–Crippen MR) is 73.2 cm³/mol. The zero-order valence-electron chi connectivity index (χ0n) is 7.16. The molecule has 0 bridgehead atoms. The van der Waals surface area contributed by atoms with Crippen LogP contribution in [0.3, 0.4) is 0 Å². The van der Waals surface area contributed by atoms with Crippen molar-refractivity contribution in [3.8, 4) is 0 Å². The smallest absolute Gasteiger partial charge is 0.211 e. The van der Waals surface area contributed by atoms with Crippen molar-refractivity contribution >= 4 is 62.4 Å². The summed E-state index contributed by atoms with van der Waals surface area (Å²) < 4.78 is 6.34. The van der Waals surface area contributed by atoms with Crippen LogP contribution < -0.4 is 5.09 Å². The van der Waals surface area contributed by atoms with E-state index >= 15 is 0 Å². The highest BCUT2D eigenvalue weighted by molar-refractivity contribution is 9.12. The summed E-state index contributed by atoms with van der Waals surface area (Å²) in [7, 11) is 0. The second-order valence-electron chi connectivity index (χ2n) is 1.95. The summed E-state index contributed by atoms with van der Waals surface area (Å²) in [4.78, 5) is 0. The van der Waals surface area contributed by atoms with Crippen molar-refractivity contribution in [3.05, 3.63) is 11.1 Å². The third kappa shape index (κ3) is 7.05. The van der Waals surface area contributed by atoms with Crippen LogP contribution in [0, 0.1) is 0 Å². The minimum atomic E-state index is -2.02. The third-order valence-electron chi connectivity index (χ3n) is 0.901. The first kappa shape index (κ1) is 14.1.